The first kappa shape index (κ1) is 12.4. The molecule has 2 nitrogen and oxygen atoms in total. The van der Waals surface area contributed by atoms with E-state index in [1.54, 1.807) is 7.11 Å². The van der Waals surface area contributed by atoms with Crippen LogP contribution in [0.1, 0.15) is 46.0 Å². The Morgan fingerprint density at radius 2 is 1.88 bits per heavy atom. The minimum Gasteiger partial charge on any atom is -0.383 e. The van der Waals surface area contributed by atoms with Crippen molar-refractivity contribution in [3.05, 3.63) is 0 Å². The van der Waals surface area contributed by atoms with E-state index in [0.717, 1.165) is 24.5 Å². The molecular formula is C14H27NO. The lowest BCUT2D eigenvalue weighted by Crippen LogP contribution is -2.27. The number of hydrogen-bond donors (Lipinski definition) is 1. The van der Waals surface area contributed by atoms with Crippen molar-refractivity contribution in [2.75, 3.05) is 26.8 Å². The third-order valence-electron chi connectivity index (χ3n) is 4.83. The fourth-order valence-corrected chi connectivity index (χ4v) is 3.21. The predicted octanol–water partition coefficient (Wildman–Crippen LogP) is 2.83. The lowest BCUT2D eigenvalue weighted by molar-refractivity contribution is 0.164. The summed E-state index contributed by atoms with van der Waals surface area (Å²) in [5, 5.41) is 3.52. The molecule has 0 amide bonds. The van der Waals surface area contributed by atoms with Crippen molar-refractivity contribution in [3.8, 4) is 0 Å². The first-order valence-electron chi connectivity index (χ1n) is 6.78. The van der Waals surface area contributed by atoms with Crippen molar-refractivity contribution in [3.63, 3.8) is 0 Å². The van der Waals surface area contributed by atoms with E-state index >= 15 is 0 Å². The summed E-state index contributed by atoms with van der Waals surface area (Å²) in [6, 6.07) is 0. The molecule has 94 valence electrons. The van der Waals surface area contributed by atoms with Crippen molar-refractivity contribution >= 4 is 0 Å². The SMILES string of the molecule is COCCNCC1CC12CCC(C)(C)CC2. The third kappa shape index (κ3) is 2.78. The molecule has 2 heteroatoms. The van der Waals surface area contributed by atoms with E-state index in [-0.39, 0.29) is 0 Å². The number of hydrogen-bond acceptors (Lipinski definition) is 2. The van der Waals surface area contributed by atoms with Crippen LogP contribution in [0.25, 0.3) is 0 Å². The van der Waals surface area contributed by atoms with Gasteiger partial charge in [0.2, 0.25) is 0 Å². The van der Waals surface area contributed by atoms with Gasteiger partial charge in [-0.3, -0.25) is 0 Å². The summed E-state index contributed by atoms with van der Waals surface area (Å²) in [7, 11) is 1.77. The fourth-order valence-electron chi connectivity index (χ4n) is 3.21. The molecule has 2 saturated carbocycles. The Hall–Kier alpha value is -0.0800. The molecule has 16 heavy (non-hydrogen) atoms. The lowest BCUT2D eigenvalue weighted by atomic mass is 9.71. The van der Waals surface area contributed by atoms with Gasteiger partial charge in [0.05, 0.1) is 6.61 Å². The number of methoxy groups -OCH3 is 1. The average molecular weight is 225 g/mol. The van der Waals surface area contributed by atoms with Gasteiger partial charge in [0.25, 0.3) is 0 Å². The zero-order chi connectivity index (χ0) is 11.6. The molecule has 0 aromatic rings. The van der Waals surface area contributed by atoms with Crippen LogP contribution >= 0.6 is 0 Å². The molecule has 1 atom stereocenters. The molecule has 0 aliphatic heterocycles. The molecule has 0 aromatic heterocycles. The van der Waals surface area contributed by atoms with Crippen molar-refractivity contribution in [2.24, 2.45) is 16.7 Å². The highest BCUT2D eigenvalue weighted by Crippen LogP contribution is 2.63. The van der Waals surface area contributed by atoms with Gasteiger partial charge in [-0.25, -0.2) is 0 Å². The number of ether oxygens (including phenoxy) is 1. The Balaban J connectivity index is 1.66. The molecule has 0 heterocycles. The summed E-state index contributed by atoms with van der Waals surface area (Å²) in [5.74, 6) is 0.959. The zero-order valence-corrected chi connectivity index (χ0v) is 11.1. The lowest BCUT2D eigenvalue weighted by Gasteiger charge is -2.35. The smallest absolute Gasteiger partial charge is 0.0587 e. The first-order valence-corrected chi connectivity index (χ1v) is 6.78. The summed E-state index contributed by atoms with van der Waals surface area (Å²) in [4.78, 5) is 0. The Labute approximate surface area is 100 Å². The normalized spacial score (nSPS) is 30.6. The highest BCUT2D eigenvalue weighted by atomic mass is 16.5. The molecule has 2 fully saturated rings. The molecular weight excluding hydrogens is 198 g/mol. The molecule has 1 N–H and O–H groups in total. The van der Waals surface area contributed by atoms with Crippen LogP contribution in [0, 0.1) is 16.7 Å². The van der Waals surface area contributed by atoms with Gasteiger partial charge in [0, 0.05) is 13.7 Å². The Morgan fingerprint density at radius 1 is 1.19 bits per heavy atom. The van der Waals surface area contributed by atoms with Crippen LogP contribution in [0.15, 0.2) is 0 Å². The van der Waals surface area contributed by atoms with Crippen LogP contribution in [-0.2, 0) is 4.74 Å². The fraction of sp³-hybridized carbons (Fsp3) is 1.00. The van der Waals surface area contributed by atoms with Crippen molar-refractivity contribution in [1.82, 2.24) is 5.32 Å². The largest absolute Gasteiger partial charge is 0.383 e. The molecule has 2 aliphatic rings. The highest BCUT2D eigenvalue weighted by molar-refractivity contribution is 5.06. The van der Waals surface area contributed by atoms with Gasteiger partial charge >= 0.3 is 0 Å². The van der Waals surface area contributed by atoms with Crippen molar-refractivity contribution < 1.29 is 4.74 Å². The Kier molecular flexibility index (Phi) is 3.60. The maximum atomic E-state index is 5.05. The minimum atomic E-state index is 0.613. The third-order valence-corrected chi connectivity index (χ3v) is 4.83. The molecule has 2 rings (SSSR count). The molecule has 1 unspecified atom stereocenters. The average Bonchev–Trinajstić information content (AvgIpc) is 2.93. The Bertz CT molecular complexity index is 227. The quantitative estimate of drug-likeness (QED) is 0.726. The summed E-state index contributed by atoms with van der Waals surface area (Å²) in [6.07, 6.45) is 7.28. The van der Waals surface area contributed by atoms with Gasteiger partial charge < -0.3 is 10.1 Å². The van der Waals surface area contributed by atoms with E-state index in [4.69, 9.17) is 4.74 Å². The monoisotopic (exact) mass is 225 g/mol. The summed E-state index contributed by atoms with van der Waals surface area (Å²) in [6.45, 7) is 7.91. The van der Waals surface area contributed by atoms with Crippen molar-refractivity contribution in [1.29, 1.82) is 0 Å². The second kappa shape index (κ2) is 4.66. The Morgan fingerprint density at radius 3 is 2.50 bits per heavy atom. The molecule has 0 radical (unpaired) electrons. The molecule has 1 spiro atoms. The first-order chi connectivity index (χ1) is 7.58. The van der Waals surface area contributed by atoms with Crippen molar-refractivity contribution in [2.45, 2.75) is 46.0 Å². The van der Waals surface area contributed by atoms with E-state index in [9.17, 15) is 0 Å². The van der Waals surface area contributed by atoms with E-state index in [0.29, 0.717) is 5.41 Å². The number of rotatable bonds is 5. The van der Waals surface area contributed by atoms with E-state index < -0.39 is 0 Å². The summed E-state index contributed by atoms with van der Waals surface area (Å²) >= 11 is 0. The van der Waals surface area contributed by atoms with Crippen LogP contribution in [0.5, 0.6) is 0 Å². The highest BCUT2D eigenvalue weighted by Gasteiger charge is 2.55. The molecule has 0 saturated heterocycles. The second-order valence-corrected chi connectivity index (χ2v) is 6.62. The molecule has 0 bridgehead atoms. The maximum absolute atomic E-state index is 5.05. The van der Waals surface area contributed by atoms with Crippen LogP contribution in [0.4, 0.5) is 0 Å². The van der Waals surface area contributed by atoms with Gasteiger partial charge in [-0.2, -0.15) is 0 Å². The topological polar surface area (TPSA) is 21.3 Å². The van der Waals surface area contributed by atoms with E-state index in [1.807, 2.05) is 0 Å². The second-order valence-electron chi connectivity index (χ2n) is 6.62. The minimum absolute atomic E-state index is 0.613. The predicted molar refractivity (Wildman–Crippen MR) is 67.5 cm³/mol. The van der Waals surface area contributed by atoms with Gasteiger partial charge in [-0.1, -0.05) is 13.8 Å². The summed E-state index contributed by atoms with van der Waals surface area (Å²) in [5.41, 5.74) is 1.36. The van der Waals surface area contributed by atoms with Gasteiger partial charge in [0.1, 0.15) is 0 Å². The zero-order valence-electron chi connectivity index (χ0n) is 11.1. The van der Waals surface area contributed by atoms with E-state index in [1.165, 1.54) is 38.6 Å². The van der Waals surface area contributed by atoms with Gasteiger partial charge in [0.15, 0.2) is 0 Å². The van der Waals surface area contributed by atoms with Crippen LogP contribution in [0.3, 0.4) is 0 Å². The van der Waals surface area contributed by atoms with Crippen LogP contribution < -0.4 is 5.32 Å². The van der Waals surface area contributed by atoms with Crippen LogP contribution in [-0.4, -0.2) is 26.8 Å². The molecule has 2 aliphatic carbocycles. The number of nitrogens with one attached hydrogen (secondary N) is 1. The maximum Gasteiger partial charge on any atom is 0.0587 e. The van der Waals surface area contributed by atoms with Crippen LogP contribution in [0.2, 0.25) is 0 Å². The van der Waals surface area contributed by atoms with Gasteiger partial charge in [-0.05, 0) is 55.4 Å². The molecule has 0 aromatic carbocycles. The standard InChI is InChI=1S/C14H27NO/c1-13(2)4-6-14(7-5-13)10-12(14)11-15-8-9-16-3/h12,15H,4-11H2,1-3H3. The summed E-state index contributed by atoms with van der Waals surface area (Å²) < 4.78 is 5.05. The van der Waals surface area contributed by atoms with Gasteiger partial charge in [-0.15, -0.1) is 0 Å². The van der Waals surface area contributed by atoms with E-state index in [2.05, 4.69) is 19.2 Å².